The van der Waals surface area contributed by atoms with Gasteiger partial charge in [0, 0.05) is 0 Å². The molecule has 100 heavy (non-hydrogen) atoms. The Kier molecular flexibility index (Phi) is 25.8. The lowest BCUT2D eigenvalue weighted by Crippen LogP contribution is -2.73. The molecule has 0 aromatic carbocycles. The zero-order valence-electron chi connectivity index (χ0n) is 42.1. The van der Waals surface area contributed by atoms with Gasteiger partial charge in [0.1, 0.15) is 0 Å². The monoisotopic (exact) mass is 1660 g/mol. The number of aliphatic carboxylic acids is 4. The second-order valence-electron chi connectivity index (χ2n) is 17.0. The first-order chi connectivity index (χ1) is 41.8. The molecule has 4 N–H and O–H groups in total. The Balaban J connectivity index is -0.000000614. The fraction of sp³-hybridized carbons (Fsp3) is 0.875. The lowest BCUT2D eigenvalue weighted by molar-refractivity contribution is -0.450. The molecule has 0 aromatic heterocycles. The van der Waals surface area contributed by atoms with Crippen LogP contribution in [0, 0.1) is 0 Å². The standard InChI is InChI=1S/4C8HF15O2/c4*9-2(10,1(24)25)3(11,12)4(13,14)5(15,16)6(17,18)7(19,20)8(21,22)23/h4*(H,24,25). The number of carbonyl (C=O) groups is 4. The Morgan fingerprint density at radius 1 is 0.120 bits per heavy atom. The van der Waals surface area contributed by atoms with Crippen molar-refractivity contribution in [1.29, 1.82) is 0 Å². The fourth-order valence-electron chi connectivity index (χ4n) is 4.40. The predicted octanol–water partition coefficient (Wildman–Crippen LogP) is 17.8. The Labute approximate surface area is 495 Å². The molecule has 0 aromatic rings. The second-order valence-corrected chi connectivity index (χ2v) is 17.0. The highest BCUT2D eigenvalue weighted by Crippen LogP contribution is 2.68. The molecule has 0 unspecified atom stereocenters. The van der Waals surface area contributed by atoms with Crippen molar-refractivity contribution in [2.75, 3.05) is 0 Å². The van der Waals surface area contributed by atoms with E-state index in [0.717, 1.165) is 0 Å². The van der Waals surface area contributed by atoms with Crippen LogP contribution in [0.15, 0.2) is 0 Å². The van der Waals surface area contributed by atoms with Gasteiger partial charge in [0.15, 0.2) is 0 Å². The third-order valence-corrected chi connectivity index (χ3v) is 10.4. The quantitative estimate of drug-likeness (QED) is 0.0698. The van der Waals surface area contributed by atoms with Crippen molar-refractivity contribution in [2.24, 2.45) is 0 Å². The van der Waals surface area contributed by atoms with Gasteiger partial charge in [-0.25, -0.2) is 19.2 Å². The molecular formula is C32H4F60O8. The molecule has 0 aliphatic carbocycles. The summed E-state index contributed by atoms with van der Waals surface area (Å²) in [5.74, 6) is -211. The highest BCUT2D eigenvalue weighted by Gasteiger charge is 2.99. The molecule has 600 valence electrons. The molecule has 0 amide bonds. The molecule has 0 aliphatic rings. The summed E-state index contributed by atoms with van der Waals surface area (Å²) in [5.41, 5.74) is 0. The van der Waals surface area contributed by atoms with Gasteiger partial charge >= 0.3 is 191 Å². The zero-order valence-corrected chi connectivity index (χ0v) is 42.1. The largest absolute Gasteiger partial charge is 0.477 e. The summed E-state index contributed by atoms with van der Waals surface area (Å²) in [7, 11) is 0. The van der Waals surface area contributed by atoms with E-state index in [1.807, 2.05) is 0 Å². The Bertz CT molecular complexity index is 2500. The van der Waals surface area contributed by atoms with E-state index in [1.54, 1.807) is 0 Å². The van der Waals surface area contributed by atoms with Crippen LogP contribution in [0.4, 0.5) is 263 Å². The molecule has 0 heterocycles. The number of rotatable bonds is 24. The van der Waals surface area contributed by atoms with Crippen LogP contribution in [0.25, 0.3) is 0 Å². The minimum atomic E-state index is -8.47. The van der Waals surface area contributed by atoms with E-state index in [2.05, 4.69) is 0 Å². The average molecular weight is 1660 g/mol. The van der Waals surface area contributed by atoms with Crippen molar-refractivity contribution < 1.29 is 303 Å². The van der Waals surface area contributed by atoms with E-state index in [0.29, 0.717) is 0 Å². The summed E-state index contributed by atoms with van der Waals surface area (Å²) in [6.07, 6.45) is -30.8. The molecule has 0 spiro atoms. The van der Waals surface area contributed by atoms with E-state index >= 15 is 0 Å². The third kappa shape index (κ3) is 13.8. The van der Waals surface area contributed by atoms with Gasteiger partial charge in [-0.2, -0.15) is 263 Å². The number of carboxylic acids is 4. The Morgan fingerprint density at radius 3 is 0.240 bits per heavy atom. The van der Waals surface area contributed by atoms with E-state index < -0.39 is 191 Å². The Hall–Kier alpha value is -6.32. The van der Waals surface area contributed by atoms with Gasteiger partial charge in [0.2, 0.25) is 0 Å². The van der Waals surface area contributed by atoms with Crippen molar-refractivity contribution in [2.45, 2.75) is 167 Å². The SMILES string of the molecule is O=C(O)C(F)(F)C(F)(F)C(F)(F)C(F)(F)C(F)(F)C(F)(F)C(F)(F)F.O=C(O)C(F)(F)C(F)(F)C(F)(F)C(F)(F)C(F)(F)C(F)(F)C(F)(F)F.O=C(O)C(F)(F)C(F)(F)C(F)(F)C(F)(F)C(F)(F)C(F)(F)C(F)(F)F.O=C(O)C(F)(F)C(F)(F)C(F)(F)C(F)(F)C(F)(F)C(F)(F)C(F)(F)F. The molecule has 0 saturated carbocycles. The minimum Gasteiger partial charge on any atom is -0.477 e. The van der Waals surface area contributed by atoms with Gasteiger partial charge in [-0.3, -0.25) is 0 Å². The number of hydrogen-bond acceptors (Lipinski definition) is 4. The van der Waals surface area contributed by atoms with Crippen molar-refractivity contribution in [3.63, 3.8) is 0 Å². The van der Waals surface area contributed by atoms with Crippen LogP contribution in [-0.2, 0) is 19.2 Å². The summed E-state index contributed by atoms with van der Waals surface area (Å²) < 4.78 is 747. The molecular weight excluding hydrogens is 1650 g/mol. The fourth-order valence-corrected chi connectivity index (χ4v) is 4.40. The van der Waals surface area contributed by atoms with Crippen LogP contribution in [0.1, 0.15) is 0 Å². The van der Waals surface area contributed by atoms with E-state index in [4.69, 9.17) is 20.4 Å². The van der Waals surface area contributed by atoms with E-state index in [9.17, 15) is 283 Å². The van der Waals surface area contributed by atoms with Crippen LogP contribution in [-0.4, -0.2) is 211 Å². The van der Waals surface area contributed by atoms with Crippen LogP contribution < -0.4 is 0 Å². The van der Waals surface area contributed by atoms with Crippen molar-refractivity contribution in [1.82, 2.24) is 0 Å². The van der Waals surface area contributed by atoms with Crippen LogP contribution in [0.3, 0.4) is 0 Å². The molecule has 68 heteroatoms. The van der Waals surface area contributed by atoms with Gasteiger partial charge in [0.05, 0.1) is 0 Å². The number of alkyl halides is 60. The smallest absolute Gasteiger partial charge is 0.460 e. The average Bonchev–Trinajstić information content (AvgIpc) is 0.720. The molecule has 8 nitrogen and oxygen atoms in total. The van der Waals surface area contributed by atoms with E-state index in [-0.39, 0.29) is 0 Å². The topological polar surface area (TPSA) is 149 Å². The first-order valence-electron chi connectivity index (χ1n) is 20.0. The lowest BCUT2D eigenvalue weighted by atomic mass is 9.91. The molecule has 0 atom stereocenters. The van der Waals surface area contributed by atoms with Crippen molar-refractivity contribution in [3.05, 3.63) is 0 Å². The maximum absolute atomic E-state index is 12.8. The first kappa shape index (κ1) is 100. The summed E-state index contributed by atoms with van der Waals surface area (Å²) in [5, 5.41) is 30.3. The summed E-state index contributed by atoms with van der Waals surface area (Å²) in [4.78, 5) is 38.9. The van der Waals surface area contributed by atoms with Crippen LogP contribution in [0.5, 0.6) is 0 Å². The van der Waals surface area contributed by atoms with Gasteiger partial charge in [-0.15, -0.1) is 0 Å². The molecule has 0 bridgehead atoms. The highest BCUT2D eigenvalue weighted by molar-refractivity contribution is 5.78. The maximum atomic E-state index is 12.8. The molecule has 0 fully saturated rings. The summed E-state index contributed by atoms with van der Waals surface area (Å²) in [6, 6.07) is 0. The number of hydrogen-bond donors (Lipinski definition) is 4. The summed E-state index contributed by atoms with van der Waals surface area (Å²) >= 11 is 0. The molecule has 0 saturated heterocycles. The van der Waals surface area contributed by atoms with Crippen LogP contribution in [0.2, 0.25) is 0 Å². The first-order valence-corrected chi connectivity index (χ1v) is 20.0. The highest BCUT2D eigenvalue weighted by atomic mass is 19.5. The van der Waals surface area contributed by atoms with Crippen molar-refractivity contribution >= 4 is 23.9 Å². The lowest BCUT2D eigenvalue weighted by Gasteiger charge is -2.40. The van der Waals surface area contributed by atoms with Gasteiger partial charge in [0.25, 0.3) is 0 Å². The number of carboxylic acid groups (broad SMARTS) is 4. The van der Waals surface area contributed by atoms with Crippen LogP contribution >= 0.6 is 0 Å². The van der Waals surface area contributed by atoms with Gasteiger partial charge < -0.3 is 20.4 Å². The van der Waals surface area contributed by atoms with E-state index in [1.165, 1.54) is 0 Å². The normalized spacial score (nSPS) is 16.1. The molecule has 0 radical (unpaired) electrons. The second kappa shape index (κ2) is 25.8. The zero-order chi connectivity index (χ0) is 84.3. The van der Waals surface area contributed by atoms with Crippen molar-refractivity contribution in [3.8, 4) is 0 Å². The van der Waals surface area contributed by atoms with Gasteiger partial charge in [-0.1, -0.05) is 0 Å². The minimum absolute atomic E-state index is 4.28. The Morgan fingerprint density at radius 2 is 0.180 bits per heavy atom. The third-order valence-electron chi connectivity index (χ3n) is 10.4. The predicted molar refractivity (Wildman–Crippen MR) is 173 cm³/mol. The molecule has 0 aliphatic heterocycles. The van der Waals surface area contributed by atoms with Gasteiger partial charge in [-0.05, 0) is 0 Å². The molecule has 0 rings (SSSR count). The number of halogens is 60. The summed E-state index contributed by atoms with van der Waals surface area (Å²) in [6.45, 7) is 0. The maximum Gasteiger partial charge on any atom is 0.460 e.